The van der Waals surface area contributed by atoms with Gasteiger partial charge in [0, 0.05) is 18.8 Å². The fraction of sp³-hybridized carbons (Fsp3) is 0.647. The van der Waals surface area contributed by atoms with Crippen LogP contribution in [0.1, 0.15) is 38.2 Å². The fourth-order valence-electron chi connectivity index (χ4n) is 3.08. The molecule has 0 aromatic heterocycles. The molecule has 1 aliphatic rings. The van der Waals surface area contributed by atoms with Crippen LogP contribution >= 0.6 is 0 Å². The molecule has 106 valence electrons. The number of nitrogens with one attached hydrogen (secondary N) is 1. The van der Waals surface area contributed by atoms with E-state index in [1.807, 2.05) is 7.05 Å². The number of fused-ring (bicyclic) bond motifs is 1. The number of hydrogen-bond donors (Lipinski definition) is 1. The number of rotatable bonds is 7. The zero-order chi connectivity index (χ0) is 13.5. The van der Waals surface area contributed by atoms with Crippen molar-refractivity contribution in [1.29, 1.82) is 0 Å². The van der Waals surface area contributed by atoms with Gasteiger partial charge in [0.2, 0.25) is 0 Å². The van der Waals surface area contributed by atoms with Crippen molar-refractivity contribution in [2.75, 3.05) is 31.6 Å². The standard InChI is InChI=1S/C17H28N2/c1-15-13-16-9-5-6-10-17(16)19(14-15)12-8-4-3-7-11-18-2/h5-6,9-10,15,18H,3-4,7-8,11-14H2,1-2H3. The van der Waals surface area contributed by atoms with Crippen LogP contribution < -0.4 is 10.2 Å². The van der Waals surface area contributed by atoms with E-state index in [0.717, 1.165) is 12.5 Å². The first-order valence-electron chi connectivity index (χ1n) is 7.78. The average Bonchev–Trinajstić information content (AvgIpc) is 2.42. The van der Waals surface area contributed by atoms with E-state index in [1.54, 1.807) is 0 Å². The summed E-state index contributed by atoms with van der Waals surface area (Å²) >= 11 is 0. The van der Waals surface area contributed by atoms with Gasteiger partial charge in [-0.2, -0.15) is 0 Å². The van der Waals surface area contributed by atoms with Crippen molar-refractivity contribution in [1.82, 2.24) is 5.32 Å². The lowest BCUT2D eigenvalue weighted by Gasteiger charge is -2.35. The van der Waals surface area contributed by atoms with Crippen LogP contribution in [0, 0.1) is 5.92 Å². The zero-order valence-electron chi connectivity index (χ0n) is 12.5. The fourth-order valence-corrected chi connectivity index (χ4v) is 3.08. The second-order valence-corrected chi connectivity index (χ2v) is 5.90. The molecule has 0 bridgehead atoms. The Labute approximate surface area is 118 Å². The molecular formula is C17H28N2. The van der Waals surface area contributed by atoms with Gasteiger partial charge in [0.25, 0.3) is 0 Å². The Morgan fingerprint density at radius 3 is 2.79 bits per heavy atom. The van der Waals surface area contributed by atoms with Crippen LogP contribution in [-0.2, 0) is 6.42 Å². The molecule has 0 saturated heterocycles. The second-order valence-electron chi connectivity index (χ2n) is 5.90. The molecule has 1 N–H and O–H groups in total. The van der Waals surface area contributed by atoms with Gasteiger partial charge in [0.05, 0.1) is 0 Å². The molecule has 0 radical (unpaired) electrons. The van der Waals surface area contributed by atoms with E-state index in [-0.39, 0.29) is 0 Å². The van der Waals surface area contributed by atoms with Crippen LogP contribution in [-0.4, -0.2) is 26.7 Å². The largest absolute Gasteiger partial charge is 0.371 e. The zero-order valence-corrected chi connectivity index (χ0v) is 12.5. The normalized spacial score (nSPS) is 18.4. The van der Waals surface area contributed by atoms with Crippen LogP contribution in [0.3, 0.4) is 0 Å². The van der Waals surface area contributed by atoms with Crippen LogP contribution in [0.15, 0.2) is 24.3 Å². The third-order valence-corrected chi connectivity index (χ3v) is 4.04. The maximum Gasteiger partial charge on any atom is 0.0398 e. The highest BCUT2D eigenvalue weighted by atomic mass is 15.1. The topological polar surface area (TPSA) is 15.3 Å². The summed E-state index contributed by atoms with van der Waals surface area (Å²) in [6.45, 7) is 5.98. The van der Waals surface area contributed by atoms with E-state index >= 15 is 0 Å². The summed E-state index contributed by atoms with van der Waals surface area (Å²) < 4.78 is 0. The van der Waals surface area contributed by atoms with Crippen molar-refractivity contribution in [3.63, 3.8) is 0 Å². The first-order chi connectivity index (χ1) is 9.31. The average molecular weight is 260 g/mol. The van der Waals surface area contributed by atoms with Crippen molar-refractivity contribution < 1.29 is 0 Å². The van der Waals surface area contributed by atoms with E-state index in [9.17, 15) is 0 Å². The Morgan fingerprint density at radius 1 is 1.16 bits per heavy atom. The minimum absolute atomic E-state index is 0.791. The summed E-state index contributed by atoms with van der Waals surface area (Å²) in [5.41, 5.74) is 3.02. The smallest absolute Gasteiger partial charge is 0.0398 e. The van der Waals surface area contributed by atoms with Gasteiger partial charge in [-0.3, -0.25) is 0 Å². The number of benzene rings is 1. The highest BCUT2D eigenvalue weighted by molar-refractivity contribution is 5.55. The highest BCUT2D eigenvalue weighted by Gasteiger charge is 2.20. The highest BCUT2D eigenvalue weighted by Crippen LogP contribution is 2.29. The molecule has 0 saturated carbocycles. The van der Waals surface area contributed by atoms with Gasteiger partial charge < -0.3 is 10.2 Å². The lowest BCUT2D eigenvalue weighted by Crippen LogP contribution is -2.35. The molecule has 1 heterocycles. The van der Waals surface area contributed by atoms with Crippen molar-refractivity contribution in [2.45, 2.75) is 39.0 Å². The summed E-state index contributed by atoms with van der Waals surface area (Å²) in [7, 11) is 2.03. The predicted molar refractivity (Wildman–Crippen MR) is 83.9 cm³/mol. The van der Waals surface area contributed by atoms with Gasteiger partial charge in [0.1, 0.15) is 0 Å². The minimum atomic E-state index is 0.791. The quantitative estimate of drug-likeness (QED) is 0.755. The van der Waals surface area contributed by atoms with Crippen molar-refractivity contribution in [2.24, 2.45) is 5.92 Å². The molecular weight excluding hydrogens is 232 g/mol. The lowest BCUT2D eigenvalue weighted by molar-refractivity contribution is 0.517. The Kier molecular flexibility index (Phi) is 5.71. The number of anilines is 1. The minimum Gasteiger partial charge on any atom is -0.371 e. The third-order valence-electron chi connectivity index (χ3n) is 4.04. The summed E-state index contributed by atoms with van der Waals surface area (Å²) in [5, 5.41) is 3.22. The van der Waals surface area contributed by atoms with Gasteiger partial charge in [-0.25, -0.2) is 0 Å². The first kappa shape index (κ1) is 14.4. The van der Waals surface area contributed by atoms with E-state index in [2.05, 4.69) is 41.4 Å². The van der Waals surface area contributed by atoms with Gasteiger partial charge in [-0.1, -0.05) is 38.0 Å². The van der Waals surface area contributed by atoms with E-state index in [1.165, 1.54) is 56.4 Å². The number of unbranched alkanes of at least 4 members (excludes halogenated alkanes) is 3. The molecule has 2 rings (SSSR count). The maximum absolute atomic E-state index is 3.22. The molecule has 0 spiro atoms. The Morgan fingerprint density at radius 2 is 1.95 bits per heavy atom. The van der Waals surface area contributed by atoms with E-state index < -0.39 is 0 Å². The van der Waals surface area contributed by atoms with Gasteiger partial charge >= 0.3 is 0 Å². The number of hydrogen-bond acceptors (Lipinski definition) is 2. The number of nitrogens with zero attached hydrogens (tertiary/aromatic N) is 1. The van der Waals surface area contributed by atoms with Crippen molar-refractivity contribution >= 4 is 5.69 Å². The van der Waals surface area contributed by atoms with Crippen LogP contribution in [0.25, 0.3) is 0 Å². The Balaban J connectivity index is 1.80. The first-order valence-corrected chi connectivity index (χ1v) is 7.78. The third kappa shape index (κ3) is 4.24. The van der Waals surface area contributed by atoms with Crippen LogP contribution in [0.4, 0.5) is 5.69 Å². The lowest BCUT2D eigenvalue weighted by atomic mass is 9.93. The van der Waals surface area contributed by atoms with Gasteiger partial charge in [0.15, 0.2) is 0 Å². The van der Waals surface area contributed by atoms with E-state index in [4.69, 9.17) is 0 Å². The van der Waals surface area contributed by atoms with Crippen LogP contribution in [0.2, 0.25) is 0 Å². The van der Waals surface area contributed by atoms with Crippen LogP contribution in [0.5, 0.6) is 0 Å². The molecule has 1 aromatic carbocycles. The SMILES string of the molecule is CNCCCCCCN1CC(C)Cc2ccccc21. The molecule has 0 aliphatic carbocycles. The predicted octanol–water partition coefficient (Wildman–Crippen LogP) is 3.47. The van der Waals surface area contributed by atoms with Crippen molar-refractivity contribution in [3.05, 3.63) is 29.8 Å². The molecule has 0 amide bonds. The molecule has 0 fully saturated rings. The molecule has 1 unspecified atom stereocenters. The monoisotopic (exact) mass is 260 g/mol. The molecule has 2 nitrogen and oxygen atoms in total. The maximum atomic E-state index is 3.22. The van der Waals surface area contributed by atoms with E-state index in [0.29, 0.717) is 0 Å². The molecule has 1 aliphatic heterocycles. The van der Waals surface area contributed by atoms with Gasteiger partial charge in [-0.15, -0.1) is 0 Å². The molecule has 1 atom stereocenters. The van der Waals surface area contributed by atoms with Gasteiger partial charge in [-0.05, 0) is 50.4 Å². The summed E-state index contributed by atoms with van der Waals surface area (Å²) in [5.74, 6) is 0.791. The summed E-state index contributed by atoms with van der Waals surface area (Å²) in [6.07, 6.45) is 6.59. The second kappa shape index (κ2) is 7.54. The Bertz CT molecular complexity index is 375. The summed E-state index contributed by atoms with van der Waals surface area (Å²) in [4.78, 5) is 2.60. The molecule has 19 heavy (non-hydrogen) atoms. The number of para-hydroxylation sites is 1. The summed E-state index contributed by atoms with van der Waals surface area (Å²) in [6, 6.07) is 8.94. The Hall–Kier alpha value is -1.02. The molecule has 2 heteroatoms. The van der Waals surface area contributed by atoms with Crippen molar-refractivity contribution in [3.8, 4) is 0 Å². The molecule has 1 aromatic rings.